The van der Waals surface area contributed by atoms with Crippen molar-refractivity contribution in [1.29, 1.82) is 0 Å². The Morgan fingerprint density at radius 3 is 2.21 bits per heavy atom. The van der Waals surface area contributed by atoms with E-state index < -0.39 is 28.9 Å². The summed E-state index contributed by atoms with van der Waals surface area (Å²) in [6.45, 7) is 0. The zero-order chi connectivity index (χ0) is 14.0. The first-order valence-corrected chi connectivity index (χ1v) is 5.29. The average molecular weight is 266 g/mol. The van der Waals surface area contributed by atoms with Crippen LogP contribution in [0.15, 0.2) is 36.4 Å². The number of benzene rings is 2. The molecule has 3 nitrogen and oxygen atoms in total. The standard InChI is InChI=1S/C13H9F3N2O/c14-8-5-4-7(6-11(8)17)18-13(19)12-9(15)2-1-3-10(12)16/h1-6H,17H2,(H,18,19). The highest BCUT2D eigenvalue weighted by Crippen LogP contribution is 2.19. The van der Waals surface area contributed by atoms with Crippen molar-refractivity contribution < 1.29 is 18.0 Å². The van der Waals surface area contributed by atoms with Crippen LogP contribution < -0.4 is 11.1 Å². The lowest BCUT2D eigenvalue weighted by molar-refractivity contribution is 0.101. The van der Waals surface area contributed by atoms with Crippen molar-refractivity contribution in [2.24, 2.45) is 0 Å². The Kier molecular flexibility index (Phi) is 3.41. The molecule has 0 aliphatic rings. The monoisotopic (exact) mass is 266 g/mol. The quantitative estimate of drug-likeness (QED) is 0.821. The van der Waals surface area contributed by atoms with Gasteiger partial charge in [-0.05, 0) is 30.3 Å². The smallest absolute Gasteiger partial charge is 0.261 e. The van der Waals surface area contributed by atoms with Crippen molar-refractivity contribution in [2.45, 2.75) is 0 Å². The number of amides is 1. The van der Waals surface area contributed by atoms with Gasteiger partial charge in [-0.1, -0.05) is 6.07 Å². The van der Waals surface area contributed by atoms with E-state index in [1.54, 1.807) is 0 Å². The molecule has 0 saturated carbocycles. The van der Waals surface area contributed by atoms with E-state index in [9.17, 15) is 18.0 Å². The number of anilines is 2. The lowest BCUT2D eigenvalue weighted by Gasteiger charge is -2.08. The van der Waals surface area contributed by atoms with Crippen molar-refractivity contribution in [2.75, 3.05) is 11.1 Å². The number of nitrogens with one attached hydrogen (secondary N) is 1. The zero-order valence-corrected chi connectivity index (χ0v) is 9.58. The topological polar surface area (TPSA) is 55.1 Å². The fourth-order valence-electron chi connectivity index (χ4n) is 1.53. The van der Waals surface area contributed by atoms with Gasteiger partial charge in [0, 0.05) is 5.69 Å². The van der Waals surface area contributed by atoms with E-state index in [-0.39, 0.29) is 11.4 Å². The molecule has 0 saturated heterocycles. The van der Waals surface area contributed by atoms with E-state index in [1.165, 1.54) is 6.07 Å². The Labute approximate surface area is 106 Å². The third-order valence-corrected chi connectivity index (χ3v) is 2.44. The number of nitrogens with two attached hydrogens (primary N) is 1. The van der Waals surface area contributed by atoms with E-state index in [1.807, 2.05) is 0 Å². The second-order valence-electron chi connectivity index (χ2n) is 3.79. The van der Waals surface area contributed by atoms with Crippen LogP contribution in [-0.2, 0) is 0 Å². The van der Waals surface area contributed by atoms with Crippen molar-refractivity contribution >= 4 is 17.3 Å². The van der Waals surface area contributed by atoms with Gasteiger partial charge in [0.05, 0.1) is 5.69 Å². The van der Waals surface area contributed by atoms with Crippen molar-refractivity contribution in [3.8, 4) is 0 Å². The minimum absolute atomic E-state index is 0.145. The highest BCUT2D eigenvalue weighted by Gasteiger charge is 2.17. The molecule has 0 fully saturated rings. The minimum Gasteiger partial charge on any atom is -0.396 e. The molecule has 2 rings (SSSR count). The summed E-state index contributed by atoms with van der Waals surface area (Å²) in [6.07, 6.45) is 0. The third-order valence-electron chi connectivity index (χ3n) is 2.44. The van der Waals surface area contributed by atoms with Crippen LogP contribution in [0, 0.1) is 17.5 Å². The molecule has 0 atom stereocenters. The first kappa shape index (κ1) is 12.9. The predicted molar refractivity (Wildman–Crippen MR) is 65.1 cm³/mol. The van der Waals surface area contributed by atoms with Crippen LogP contribution in [0.3, 0.4) is 0 Å². The summed E-state index contributed by atoms with van der Waals surface area (Å²) in [7, 11) is 0. The van der Waals surface area contributed by atoms with Crippen LogP contribution in [0.4, 0.5) is 24.5 Å². The molecule has 0 spiro atoms. The average Bonchev–Trinajstić information content (AvgIpc) is 2.33. The summed E-state index contributed by atoms with van der Waals surface area (Å²) in [5.41, 5.74) is 4.59. The maximum absolute atomic E-state index is 13.4. The van der Waals surface area contributed by atoms with Crippen LogP contribution in [-0.4, -0.2) is 5.91 Å². The molecule has 0 unspecified atom stereocenters. The summed E-state index contributed by atoms with van der Waals surface area (Å²) in [5.74, 6) is -3.57. The molecule has 3 N–H and O–H groups in total. The van der Waals surface area contributed by atoms with Gasteiger partial charge >= 0.3 is 0 Å². The lowest BCUT2D eigenvalue weighted by atomic mass is 10.1. The normalized spacial score (nSPS) is 10.3. The van der Waals surface area contributed by atoms with Gasteiger partial charge in [0.1, 0.15) is 23.0 Å². The third kappa shape index (κ3) is 2.67. The van der Waals surface area contributed by atoms with Crippen LogP contribution >= 0.6 is 0 Å². The van der Waals surface area contributed by atoms with Gasteiger partial charge in [0.2, 0.25) is 0 Å². The molecule has 98 valence electrons. The number of halogens is 3. The first-order chi connectivity index (χ1) is 8.99. The largest absolute Gasteiger partial charge is 0.396 e. The first-order valence-electron chi connectivity index (χ1n) is 5.29. The molecule has 0 bridgehead atoms. The van der Waals surface area contributed by atoms with E-state index in [4.69, 9.17) is 5.73 Å². The second kappa shape index (κ2) is 5.01. The van der Waals surface area contributed by atoms with E-state index in [0.717, 1.165) is 30.3 Å². The molecular formula is C13H9F3N2O. The molecule has 19 heavy (non-hydrogen) atoms. The molecule has 0 aliphatic carbocycles. The fraction of sp³-hybridized carbons (Fsp3) is 0. The van der Waals surface area contributed by atoms with Crippen molar-refractivity contribution in [3.63, 3.8) is 0 Å². The Bertz CT molecular complexity index is 624. The number of rotatable bonds is 2. The van der Waals surface area contributed by atoms with E-state index >= 15 is 0 Å². The molecule has 0 heterocycles. The molecular weight excluding hydrogens is 257 g/mol. The van der Waals surface area contributed by atoms with Gasteiger partial charge in [0.25, 0.3) is 5.91 Å². The van der Waals surface area contributed by atoms with Gasteiger partial charge in [-0.3, -0.25) is 4.79 Å². The van der Waals surface area contributed by atoms with Gasteiger partial charge in [-0.2, -0.15) is 0 Å². The Balaban J connectivity index is 2.28. The van der Waals surface area contributed by atoms with Crippen molar-refractivity contribution in [1.82, 2.24) is 0 Å². The lowest BCUT2D eigenvalue weighted by Crippen LogP contribution is -2.16. The van der Waals surface area contributed by atoms with Gasteiger partial charge in [-0.15, -0.1) is 0 Å². The molecule has 0 aromatic heterocycles. The molecule has 2 aromatic rings. The molecule has 0 radical (unpaired) electrons. The Morgan fingerprint density at radius 1 is 1.00 bits per heavy atom. The highest BCUT2D eigenvalue weighted by atomic mass is 19.1. The Hall–Kier alpha value is -2.50. The van der Waals surface area contributed by atoms with Crippen LogP contribution in [0.2, 0.25) is 0 Å². The van der Waals surface area contributed by atoms with Crippen LogP contribution in [0.1, 0.15) is 10.4 Å². The predicted octanol–water partition coefficient (Wildman–Crippen LogP) is 2.94. The van der Waals surface area contributed by atoms with Crippen LogP contribution in [0.5, 0.6) is 0 Å². The highest BCUT2D eigenvalue weighted by molar-refractivity contribution is 6.04. The summed E-state index contributed by atoms with van der Waals surface area (Å²) < 4.78 is 39.7. The molecule has 0 aliphatic heterocycles. The molecule has 6 heteroatoms. The number of nitrogen functional groups attached to an aromatic ring is 1. The Morgan fingerprint density at radius 2 is 1.63 bits per heavy atom. The number of hydrogen-bond donors (Lipinski definition) is 2. The van der Waals surface area contributed by atoms with Gasteiger partial charge < -0.3 is 11.1 Å². The van der Waals surface area contributed by atoms with Crippen molar-refractivity contribution in [3.05, 3.63) is 59.4 Å². The summed E-state index contributed by atoms with van der Waals surface area (Å²) in [5, 5.41) is 2.24. The fourth-order valence-corrected chi connectivity index (χ4v) is 1.53. The second-order valence-corrected chi connectivity index (χ2v) is 3.79. The number of carbonyl (C=O) groups excluding carboxylic acids is 1. The minimum atomic E-state index is -0.979. The van der Waals surface area contributed by atoms with Gasteiger partial charge in [-0.25, -0.2) is 13.2 Å². The van der Waals surface area contributed by atoms with E-state index in [2.05, 4.69) is 5.32 Å². The maximum Gasteiger partial charge on any atom is 0.261 e. The summed E-state index contributed by atoms with van der Waals surface area (Å²) in [4.78, 5) is 11.7. The molecule has 1 amide bonds. The molecule has 2 aromatic carbocycles. The maximum atomic E-state index is 13.4. The van der Waals surface area contributed by atoms with Gasteiger partial charge in [0.15, 0.2) is 0 Å². The van der Waals surface area contributed by atoms with Crippen LogP contribution in [0.25, 0.3) is 0 Å². The van der Waals surface area contributed by atoms with E-state index in [0.29, 0.717) is 0 Å². The summed E-state index contributed by atoms with van der Waals surface area (Å²) in [6, 6.07) is 6.53. The summed E-state index contributed by atoms with van der Waals surface area (Å²) >= 11 is 0. The zero-order valence-electron chi connectivity index (χ0n) is 9.58. The number of carbonyl (C=O) groups is 1. The number of hydrogen-bond acceptors (Lipinski definition) is 2. The SMILES string of the molecule is Nc1cc(NC(=O)c2c(F)cccc2F)ccc1F.